The Morgan fingerprint density at radius 2 is 2.30 bits per heavy atom. The molecule has 1 atom stereocenters. The van der Waals surface area contributed by atoms with Crippen LogP contribution in [0.25, 0.3) is 5.65 Å². The van der Waals surface area contributed by atoms with E-state index in [4.69, 9.17) is 5.11 Å². The van der Waals surface area contributed by atoms with Crippen LogP contribution in [0.5, 0.6) is 0 Å². The lowest BCUT2D eigenvalue weighted by molar-refractivity contribution is 0.219. The van der Waals surface area contributed by atoms with Crippen LogP contribution in [-0.2, 0) is 6.54 Å². The first kappa shape index (κ1) is 13.7. The highest BCUT2D eigenvalue weighted by molar-refractivity contribution is 9.10. The fourth-order valence-corrected chi connectivity index (χ4v) is 2.98. The minimum atomic E-state index is -0.0656. The summed E-state index contributed by atoms with van der Waals surface area (Å²) < 4.78 is 2.39. The first-order chi connectivity index (χ1) is 9.65. The number of hydrogen-bond acceptors (Lipinski definition) is 4. The van der Waals surface area contributed by atoms with Gasteiger partial charge in [-0.05, 0) is 46.9 Å². The number of aromatic nitrogens is 2. The third-order valence-electron chi connectivity index (χ3n) is 3.69. The van der Waals surface area contributed by atoms with Crippen LogP contribution in [0.2, 0.25) is 0 Å². The van der Waals surface area contributed by atoms with E-state index in [1.807, 2.05) is 12.1 Å². The summed E-state index contributed by atoms with van der Waals surface area (Å²) >= 11 is 3.35. The number of aliphatic hydroxyl groups excluding tert-OH is 1. The molecule has 0 spiro atoms. The van der Waals surface area contributed by atoms with Crippen molar-refractivity contribution in [2.45, 2.75) is 13.0 Å². The van der Waals surface area contributed by atoms with Crippen LogP contribution in [-0.4, -0.2) is 39.1 Å². The van der Waals surface area contributed by atoms with E-state index >= 15 is 0 Å². The van der Waals surface area contributed by atoms with E-state index < -0.39 is 0 Å². The van der Waals surface area contributed by atoms with E-state index in [2.05, 4.69) is 25.8 Å². The quantitative estimate of drug-likeness (QED) is 0.916. The standard InChI is InChI=1S/C14H16BrN3O2/c15-11-1-2-13-16-12(5-14(20)18(13)7-11)8-17-4-3-10(6-17)9-19/h1-2,5,7,10,19H,3-4,6,8-9H2. The summed E-state index contributed by atoms with van der Waals surface area (Å²) in [5.41, 5.74) is 1.38. The summed E-state index contributed by atoms with van der Waals surface area (Å²) in [5.74, 6) is 0.354. The molecule has 5 nitrogen and oxygen atoms in total. The van der Waals surface area contributed by atoms with E-state index in [0.29, 0.717) is 18.1 Å². The maximum absolute atomic E-state index is 12.1. The molecule has 1 saturated heterocycles. The van der Waals surface area contributed by atoms with Gasteiger partial charge >= 0.3 is 0 Å². The maximum atomic E-state index is 12.1. The van der Waals surface area contributed by atoms with Crippen LogP contribution in [0.15, 0.2) is 33.7 Å². The van der Waals surface area contributed by atoms with Crippen LogP contribution in [0.3, 0.4) is 0 Å². The van der Waals surface area contributed by atoms with Crippen LogP contribution in [0.1, 0.15) is 12.1 Å². The lowest BCUT2D eigenvalue weighted by atomic mass is 10.1. The Hall–Kier alpha value is -1.24. The molecule has 0 radical (unpaired) electrons. The Kier molecular flexibility index (Phi) is 3.87. The van der Waals surface area contributed by atoms with Gasteiger partial charge in [-0.3, -0.25) is 14.1 Å². The smallest absolute Gasteiger partial charge is 0.258 e. The number of aliphatic hydroxyl groups is 1. The molecule has 1 aliphatic heterocycles. The summed E-state index contributed by atoms with van der Waals surface area (Å²) in [7, 11) is 0. The van der Waals surface area contributed by atoms with Crippen molar-refractivity contribution < 1.29 is 5.11 Å². The van der Waals surface area contributed by atoms with Gasteiger partial charge in [0.15, 0.2) is 0 Å². The van der Waals surface area contributed by atoms with Crippen LogP contribution >= 0.6 is 15.9 Å². The monoisotopic (exact) mass is 337 g/mol. The van der Waals surface area contributed by atoms with Gasteiger partial charge in [0.2, 0.25) is 0 Å². The highest BCUT2D eigenvalue weighted by atomic mass is 79.9. The molecular formula is C14H16BrN3O2. The van der Waals surface area contributed by atoms with Gasteiger partial charge in [-0.2, -0.15) is 0 Å². The molecule has 106 valence electrons. The van der Waals surface area contributed by atoms with Gasteiger partial charge in [-0.1, -0.05) is 0 Å². The van der Waals surface area contributed by atoms with Crippen molar-refractivity contribution in [1.29, 1.82) is 0 Å². The molecule has 0 bridgehead atoms. The third kappa shape index (κ3) is 2.77. The number of hydrogen-bond donors (Lipinski definition) is 1. The first-order valence-electron chi connectivity index (χ1n) is 6.67. The molecule has 2 aromatic rings. The van der Waals surface area contributed by atoms with Crippen molar-refractivity contribution in [2.24, 2.45) is 5.92 Å². The number of halogens is 1. The number of pyridine rings is 1. The lowest BCUT2D eigenvalue weighted by Gasteiger charge is -2.15. The summed E-state index contributed by atoms with van der Waals surface area (Å²) in [6.07, 6.45) is 2.74. The first-order valence-corrected chi connectivity index (χ1v) is 7.46. The molecular weight excluding hydrogens is 322 g/mol. The van der Waals surface area contributed by atoms with Crippen molar-refractivity contribution in [3.05, 3.63) is 44.9 Å². The molecule has 3 rings (SSSR count). The zero-order valence-corrected chi connectivity index (χ0v) is 12.6. The number of nitrogens with zero attached hydrogens (tertiary/aromatic N) is 3. The zero-order valence-electron chi connectivity index (χ0n) is 11.0. The third-order valence-corrected chi connectivity index (χ3v) is 4.16. The normalized spacial score (nSPS) is 19.8. The average molecular weight is 338 g/mol. The van der Waals surface area contributed by atoms with Crippen molar-refractivity contribution >= 4 is 21.6 Å². The Balaban J connectivity index is 1.86. The predicted molar refractivity (Wildman–Crippen MR) is 79.6 cm³/mol. The van der Waals surface area contributed by atoms with E-state index in [1.165, 1.54) is 4.40 Å². The summed E-state index contributed by atoms with van der Waals surface area (Å²) in [6.45, 7) is 2.72. The molecule has 1 aliphatic rings. The van der Waals surface area contributed by atoms with Gasteiger partial charge in [0.25, 0.3) is 5.56 Å². The highest BCUT2D eigenvalue weighted by Crippen LogP contribution is 2.17. The van der Waals surface area contributed by atoms with Crippen LogP contribution < -0.4 is 5.56 Å². The molecule has 6 heteroatoms. The Morgan fingerprint density at radius 1 is 1.45 bits per heavy atom. The Labute approximate surface area is 125 Å². The largest absolute Gasteiger partial charge is 0.396 e. The molecule has 1 N–H and O–H groups in total. The van der Waals surface area contributed by atoms with Crippen LogP contribution in [0, 0.1) is 5.92 Å². The van der Waals surface area contributed by atoms with E-state index in [0.717, 1.165) is 29.7 Å². The zero-order chi connectivity index (χ0) is 14.1. The second-order valence-corrected chi connectivity index (χ2v) is 6.15. The maximum Gasteiger partial charge on any atom is 0.258 e. The minimum absolute atomic E-state index is 0.0656. The fraction of sp³-hybridized carbons (Fsp3) is 0.429. The molecule has 0 saturated carbocycles. The van der Waals surface area contributed by atoms with Crippen molar-refractivity contribution in [3.8, 4) is 0 Å². The second-order valence-electron chi connectivity index (χ2n) is 5.23. The van der Waals surface area contributed by atoms with Gasteiger partial charge in [0, 0.05) is 36.4 Å². The molecule has 1 fully saturated rings. The Morgan fingerprint density at radius 3 is 3.05 bits per heavy atom. The molecule has 3 heterocycles. The molecule has 0 aromatic carbocycles. The Bertz CT molecular complexity index is 686. The predicted octanol–water partition coefficient (Wildman–Crippen LogP) is 1.27. The summed E-state index contributed by atoms with van der Waals surface area (Å²) in [4.78, 5) is 18.9. The van der Waals surface area contributed by atoms with Crippen molar-refractivity contribution in [1.82, 2.24) is 14.3 Å². The number of rotatable bonds is 3. The SMILES string of the molecule is O=c1cc(CN2CCC(CO)C2)nc2ccc(Br)cn12. The van der Waals surface area contributed by atoms with Gasteiger partial charge in [-0.15, -0.1) is 0 Å². The van der Waals surface area contributed by atoms with Crippen molar-refractivity contribution in [2.75, 3.05) is 19.7 Å². The van der Waals surface area contributed by atoms with Crippen molar-refractivity contribution in [3.63, 3.8) is 0 Å². The second kappa shape index (κ2) is 5.63. The molecule has 0 amide bonds. The molecule has 2 aromatic heterocycles. The van der Waals surface area contributed by atoms with E-state index in [9.17, 15) is 4.79 Å². The highest BCUT2D eigenvalue weighted by Gasteiger charge is 2.22. The molecule has 20 heavy (non-hydrogen) atoms. The van der Waals surface area contributed by atoms with E-state index in [-0.39, 0.29) is 12.2 Å². The lowest BCUT2D eigenvalue weighted by Crippen LogP contribution is -2.24. The van der Waals surface area contributed by atoms with Gasteiger partial charge in [0.05, 0.1) is 5.69 Å². The van der Waals surface area contributed by atoms with Crippen LogP contribution in [0.4, 0.5) is 0 Å². The molecule has 0 aliphatic carbocycles. The minimum Gasteiger partial charge on any atom is -0.396 e. The molecule has 1 unspecified atom stereocenters. The topological polar surface area (TPSA) is 57.8 Å². The number of likely N-dealkylation sites (tertiary alicyclic amines) is 1. The fourth-order valence-electron chi connectivity index (χ4n) is 2.64. The average Bonchev–Trinajstić information content (AvgIpc) is 2.87. The number of fused-ring (bicyclic) bond motifs is 1. The summed E-state index contributed by atoms with van der Waals surface area (Å²) in [5, 5.41) is 9.16. The van der Waals surface area contributed by atoms with E-state index in [1.54, 1.807) is 12.3 Å². The summed E-state index contributed by atoms with van der Waals surface area (Å²) in [6, 6.07) is 5.30. The van der Waals surface area contributed by atoms with Gasteiger partial charge in [0.1, 0.15) is 5.65 Å². The van der Waals surface area contributed by atoms with Gasteiger partial charge < -0.3 is 5.11 Å². The van der Waals surface area contributed by atoms with Gasteiger partial charge in [-0.25, -0.2) is 4.98 Å².